The summed E-state index contributed by atoms with van der Waals surface area (Å²) in [6.45, 7) is 2.74. The summed E-state index contributed by atoms with van der Waals surface area (Å²) in [5.74, 6) is -0.248. The zero-order chi connectivity index (χ0) is 13.0. The summed E-state index contributed by atoms with van der Waals surface area (Å²) in [6.07, 6.45) is 6.82. The van der Waals surface area contributed by atoms with Crippen LogP contribution in [0.1, 0.15) is 32.6 Å². The first kappa shape index (κ1) is 13.4. The molecule has 1 heterocycles. The molecular formula is C12H19N3O2S. The Bertz CT molecular complexity index is 392. The molecule has 18 heavy (non-hydrogen) atoms. The van der Waals surface area contributed by atoms with E-state index in [2.05, 4.69) is 10.3 Å². The minimum atomic E-state index is -0.558. The first-order valence-corrected chi connectivity index (χ1v) is 7.15. The van der Waals surface area contributed by atoms with Gasteiger partial charge in [-0.2, -0.15) is 0 Å². The summed E-state index contributed by atoms with van der Waals surface area (Å²) in [7, 11) is 0. The van der Waals surface area contributed by atoms with Crippen molar-refractivity contribution in [3.63, 3.8) is 0 Å². The SMILES string of the molecule is CCNC1(C(N)=O)CCCC(Sc2ncco2)C1. The van der Waals surface area contributed by atoms with E-state index in [4.69, 9.17) is 10.2 Å². The molecule has 0 spiro atoms. The quantitative estimate of drug-likeness (QED) is 0.847. The number of nitrogens with one attached hydrogen (secondary N) is 1. The third-order valence-corrected chi connectivity index (χ3v) is 4.51. The zero-order valence-corrected chi connectivity index (χ0v) is 11.3. The van der Waals surface area contributed by atoms with Crippen LogP contribution >= 0.6 is 11.8 Å². The summed E-state index contributed by atoms with van der Waals surface area (Å²) in [5.41, 5.74) is 5.02. The number of aromatic nitrogens is 1. The molecule has 0 bridgehead atoms. The second-order valence-electron chi connectivity index (χ2n) is 4.61. The third-order valence-electron chi connectivity index (χ3n) is 3.37. The molecule has 6 heteroatoms. The molecule has 1 aromatic rings. The van der Waals surface area contributed by atoms with Crippen molar-refractivity contribution in [2.75, 3.05) is 6.54 Å². The largest absolute Gasteiger partial charge is 0.440 e. The standard InChI is InChI=1S/C12H19N3O2S/c1-2-15-12(10(13)16)5-3-4-9(8-12)18-11-14-6-7-17-11/h6-7,9,15H,2-5,8H2,1H3,(H2,13,16). The van der Waals surface area contributed by atoms with Gasteiger partial charge in [0.05, 0.1) is 11.7 Å². The molecule has 1 aliphatic rings. The monoisotopic (exact) mass is 269 g/mol. The molecule has 3 N–H and O–H groups in total. The fraction of sp³-hybridized carbons (Fsp3) is 0.667. The Hall–Kier alpha value is -1.01. The van der Waals surface area contributed by atoms with Gasteiger partial charge in [-0.3, -0.25) is 4.79 Å². The molecule has 1 saturated carbocycles. The Labute approximate surface area is 111 Å². The fourth-order valence-electron chi connectivity index (χ4n) is 2.55. The van der Waals surface area contributed by atoms with Crippen LogP contribution in [0.2, 0.25) is 0 Å². The van der Waals surface area contributed by atoms with E-state index < -0.39 is 5.54 Å². The third kappa shape index (κ3) is 2.87. The van der Waals surface area contributed by atoms with Gasteiger partial charge in [-0.1, -0.05) is 18.7 Å². The van der Waals surface area contributed by atoms with Crippen molar-refractivity contribution in [3.8, 4) is 0 Å². The number of likely N-dealkylation sites (N-methyl/N-ethyl adjacent to an activating group) is 1. The highest BCUT2D eigenvalue weighted by molar-refractivity contribution is 7.99. The van der Waals surface area contributed by atoms with Crippen molar-refractivity contribution in [3.05, 3.63) is 12.5 Å². The van der Waals surface area contributed by atoms with E-state index >= 15 is 0 Å². The fourth-order valence-corrected chi connectivity index (χ4v) is 3.72. The number of rotatable bonds is 5. The number of carbonyl (C=O) groups is 1. The van der Waals surface area contributed by atoms with E-state index in [1.54, 1.807) is 24.2 Å². The molecule has 0 saturated heterocycles. The molecular weight excluding hydrogens is 250 g/mol. The maximum Gasteiger partial charge on any atom is 0.255 e. The van der Waals surface area contributed by atoms with Gasteiger partial charge in [-0.15, -0.1) is 0 Å². The number of thioether (sulfide) groups is 1. The Balaban J connectivity index is 2.04. The molecule has 1 aromatic heterocycles. The van der Waals surface area contributed by atoms with Crippen molar-refractivity contribution in [1.82, 2.24) is 10.3 Å². The molecule has 0 aromatic carbocycles. The summed E-state index contributed by atoms with van der Waals surface area (Å²) in [6, 6.07) is 0. The van der Waals surface area contributed by atoms with Gasteiger partial charge in [0.25, 0.3) is 5.22 Å². The maximum absolute atomic E-state index is 11.7. The van der Waals surface area contributed by atoms with Crippen LogP contribution in [-0.4, -0.2) is 28.2 Å². The van der Waals surface area contributed by atoms with Crippen molar-refractivity contribution >= 4 is 17.7 Å². The van der Waals surface area contributed by atoms with Crippen LogP contribution in [0, 0.1) is 0 Å². The summed E-state index contributed by atoms with van der Waals surface area (Å²) >= 11 is 1.59. The summed E-state index contributed by atoms with van der Waals surface area (Å²) in [4.78, 5) is 15.8. The van der Waals surface area contributed by atoms with Gasteiger partial charge in [0.2, 0.25) is 5.91 Å². The first-order valence-electron chi connectivity index (χ1n) is 6.27. The molecule has 1 fully saturated rings. The second-order valence-corrected chi connectivity index (χ2v) is 5.86. The molecule has 100 valence electrons. The van der Waals surface area contributed by atoms with Gasteiger partial charge < -0.3 is 15.5 Å². The number of nitrogens with zero attached hydrogens (tertiary/aromatic N) is 1. The van der Waals surface area contributed by atoms with E-state index in [1.165, 1.54) is 0 Å². The Kier molecular flexibility index (Phi) is 4.29. The van der Waals surface area contributed by atoms with Gasteiger partial charge >= 0.3 is 0 Å². The van der Waals surface area contributed by atoms with Gasteiger partial charge in [-0.05, 0) is 32.2 Å². The topological polar surface area (TPSA) is 81.1 Å². The van der Waals surface area contributed by atoms with Crippen LogP contribution in [0.4, 0.5) is 0 Å². The minimum Gasteiger partial charge on any atom is -0.440 e. The molecule has 2 atom stereocenters. The van der Waals surface area contributed by atoms with Crippen molar-refractivity contribution in [2.45, 2.75) is 48.6 Å². The molecule has 1 aliphatic carbocycles. The maximum atomic E-state index is 11.7. The normalized spacial score (nSPS) is 28.2. The lowest BCUT2D eigenvalue weighted by molar-refractivity contribution is -0.125. The number of carbonyl (C=O) groups excluding carboxylic acids is 1. The summed E-state index contributed by atoms with van der Waals surface area (Å²) < 4.78 is 5.24. The lowest BCUT2D eigenvalue weighted by Gasteiger charge is -2.38. The van der Waals surface area contributed by atoms with Crippen molar-refractivity contribution < 1.29 is 9.21 Å². The predicted molar refractivity (Wildman–Crippen MR) is 70.2 cm³/mol. The molecule has 2 unspecified atom stereocenters. The number of hydrogen-bond acceptors (Lipinski definition) is 5. The lowest BCUT2D eigenvalue weighted by Crippen LogP contribution is -2.58. The van der Waals surface area contributed by atoms with E-state index in [9.17, 15) is 4.79 Å². The first-order chi connectivity index (χ1) is 8.66. The van der Waals surface area contributed by atoms with Gasteiger partial charge in [0.1, 0.15) is 6.26 Å². The zero-order valence-electron chi connectivity index (χ0n) is 10.5. The van der Waals surface area contributed by atoms with Crippen LogP contribution in [0.5, 0.6) is 0 Å². The second kappa shape index (κ2) is 5.75. The highest BCUT2D eigenvalue weighted by Crippen LogP contribution is 2.37. The van der Waals surface area contributed by atoms with Crippen LogP contribution in [0.3, 0.4) is 0 Å². The number of hydrogen-bond donors (Lipinski definition) is 2. The Morgan fingerprint density at radius 3 is 3.22 bits per heavy atom. The number of primary amides is 1. The van der Waals surface area contributed by atoms with E-state index in [-0.39, 0.29) is 5.91 Å². The smallest absolute Gasteiger partial charge is 0.255 e. The van der Waals surface area contributed by atoms with Crippen LogP contribution in [0.25, 0.3) is 0 Å². The van der Waals surface area contributed by atoms with E-state index in [0.717, 1.165) is 32.2 Å². The molecule has 5 nitrogen and oxygen atoms in total. The lowest BCUT2D eigenvalue weighted by atomic mass is 9.80. The van der Waals surface area contributed by atoms with Crippen LogP contribution < -0.4 is 11.1 Å². The Morgan fingerprint density at radius 2 is 2.61 bits per heavy atom. The van der Waals surface area contributed by atoms with E-state index in [1.807, 2.05) is 6.92 Å². The average molecular weight is 269 g/mol. The molecule has 0 radical (unpaired) electrons. The minimum absolute atomic E-state index is 0.248. The van der Waals surface area contributed by atoms with Crippen molar-refractivity contribution in [1.29, 1.82) is 0 Å². The predicted octanol–water partition coefficient (Wildman–Crippen LogP) is 1.54. The van der Waals surface area contributed by atoms with Crippen LogP contribution in [0.15, 0.2) is 22.1 Å². The number of amides is 1. The number of oxazole rings is 1. The average Bonchev–Trinajstić information content (AvgIpc) is 2.82. The summed E-state index contributed by atoms with van der Waals surface area (Å²) in [5, 5.41) is 4.25. The molecule has 2 rings (SSSR count). The molecule has 1 amide bonds. The van der Waals surface area contributed by atoms with Gasteiger partial charge in [0.15, 0.2) is 0 Å². The Morgan fingerprint density at radius 1 is 1.78 bits per heavy atom. The van der Waals surface area contributed by atoms with Crippen molar-refractivity contribution in [2.24, 2.45) is 5.73 Å². The van der Waals surface area contributed by atoms with Crippen LogP contribution in [-0.2, 0) is 4.79 Å². The molecule has 0 aliphatic heterocycles. The van der Waals surface area contributed by atoms with Gasteiger partial charge in [0, 0.05) is 5.25 Å². The highest BCUT2D eigenvalue weighted by atomic mass is 32.2. The van der Waals surface area contributed by atoms with E-state index in [0.29, 0.717) is 10.5 Å². The number of nitrogens with two attached hydrogens (primary N) is 1. The van der Waals surface area contributed by atoms with Gasteiger partial charge in [-0.25, -0.2) is 4.98 Å². The highest BCUT2D eigenvalue weighted by Gasteiger charge is 2.41.